The number of carbonyl (C=O) groups is 2. The first-order chi connectivity index (χ1) is 20.4. The van der Waals surface area contributed by atoms with Crippen LogP contribution in [0.15, 0.2) is 91.1 Å². The van der Waals surface area contributed by atoms with Gasteiger partial charge in [0.05, 0.1) is 23.6 Å². The largest absolute Gasteiger partial charge is 0.494 e. The maximum Gasteiger partial charge on any atom is 0.336 e. The van der Waals surface area contributed by atoms with Crippen molar-refractivity contribution in [3.8, 4) is 22.7 Å². The summed E-state index contributed by atoms with van der Waals surface area (Å²) < 4.78 is 21.0. The van der Waals surface area contributed by atoms with Gasteiger partial charge in [0.2, 0.25) is 5.82 Å². The Bertz CT molecular complexity index is 1780. The zero-order valence-corrected chi connectivity index (χ0v) is 23.0. The van der Waals surface area contributed by atoms with E-state index >= 15 is 0 Å². The predicted octanol–water partition coefficient (Wildman–Crippen LogP) is 5.89. The van der Waals surface area contributed by atoms with Crippen molar-refractivity contribution in [1.82, 2.24) is 14.5 Å². The number of hydrogen-bond donors (Lipinski definition) is 1. The zero-order valence-electron chi connectivity index (χ0n) is 23.0. The minimum absolute atomic E-state index is 0.227. The monoisotopic (exact) mass is 564 g/mol. The number of nitrogens with zero attached hydrogens (tertiary/aromatic N) is 4. The van der Waals surface area contributed by atoms with E-state index in [4.69, 9.17) is 9.72 Å². The standard InChI is InChI=1S/C33H29FN4O4/c1-2-42-27-8-5-7-25(19-27)38-21-30(22-10-12-24(34)13-11-22)35-31(38)32(39)37-16-14-36(15-17-37)26-18-23-6-3-4-9-28(23)29(20-26)33(40)41/h3-13,18-21H,2,14-17H2,1H3,(H,40,41). The van der Waals surface area contributed by atoms with Crippen LogP contribution in [0.3, 0.4) is 0 Å². The molecule has 2 heterocycles. The molecule has 0 aliphatic carbocycles. The summed E-state index contributed by atoms with van der Waals surface area (Å²) in [7, 11) is 0. The van der Waals surface area contributed by atoms with Gasteiger partial charge >= 0.3 is 5.97 Å². The van der Waals surface area contributed by atoms with Crippen LogP contribution in [0.4, 0.5) is 10.1 Å². The quantitative estimate of drug-likeness (QED) is 0.265. The molecule has 0 atom stereocenters. The molecule has 1 amide bonds. The molecule has 1 aromatic heterocycles. The summed E-state index contributed by atoms with van der Waals surface area (Å²) in [5.41, 5.74) is 3.04. The van der Waals surface area contributed by atoms with E-state index in [1.165, 1.54) is 12.1 Å². The zero-order chi connectivity index (χ0) is 29.2. The van der Waals surface area contributed by atoms with Gasteiger partial charge in [-0.15, -0.1) is 0 Å². The van der Waals surface area contributed by atoms with Crippen LogP contribution < -0.4 is 9.64 Å². The van der Waals surface area contributed by atoms with Crippen molar-refractivity contribution in [1.29, 1.82) is 0 Å². The second-order valence-electron chi connectivity index (χ2n) is 10.1. The van der Waals surface area contributed by atoms with Crippen LogP contribution in [-0.2, 0) is 0 Å². The maximum atomic E-state index is 13.9. The number of halogens is 1. The van der Waals surface area contributed by atoms with E-state index in [1.54, 1.807) is 33.9 Å². The van der Waals surface area contributed by atoms with Gasteiger partial charge in [-0.25, -0.2) is 14.2 Å². The van der Waals surface area contributed by atoms with Crippen molar-refractivity contribution in [3.05, 3.63) is 108 Å². The second-order valence-corrected chi connectivity index (χ2v) is 10.1. The molecule has 1 fully saturated rings. The summed E-state index contributed by atoms with van der Waals surface area (Å²) in [6.07, 6.45) is 1.78. The number of hydrogen-bond acceptors (Lipinski definition) is 5. The van der Waals surface area contributed by atoms with Crippen LogP contribution >= 0.6 is 0 Å². The Hall–Kier alpha value is -5.18. The van der Waals surface area contributed by atoms with Gasteiger partial charge in [-0.1, -0.05) is 30.3 Å². The van der Waals surface area contributed by atoms with Gasteiger partial charge < -0.3 is 19.6 Å². The number of piperazine rings is 1. The predicted molar refractivity (Wildman–Crippen MR) is 159 cm³/mol. The summed E-state index contributed by atoms with van der Waals surface area (Å²) in [4.78, 5) is 34.5. The molecule has 0 bridgehead atoms. The lowest BCUT2D eigenvalue weighted by molar-refractivity contribution is 0.0697. The highest BCUT2D eigenvalue weighted by Gasteiger charge is 2.28. The lowest BCUT2D eigenvalue weighted by Gasteiger charge is -2.36. The molecule has 8 nitrogen and oxygen atoms in total. The molecular weight excluding hydrogens is 535 g/mol. The summed E-state index contributed by atoms with van der Waals surface area (Å²) in [5, 5.41) is 11.4. The topological polar surface area (TPSA) is 87.9 Å². The molecule has 4 aromatic carbocycles. The van der Waals surface area contributed by atoms with Crippen LogP contribution in [0.1, 0.15) is 27.9 Å². The molecule has 0 unspecified atom stereocenters. The molecule has 0 spiro atoms. The molecule has 1 aliphatic heterocycles. The first-order valence-corrected chi connectivity index (χ1v) is 13.8. The number of anilines is 1. The van der Waals surface area contributed by atoms with Gasteiger partial charge in [-0.3, -0.25) is 9.36 Å². The Labute approximate surface area is 242 Å². The Balaban J connectivity index is 1.28. The second kappa shape index (κ2) is 11.4. The highest BCUT2D eigenvalue weighted by Crippen LogP contribution is 2.29. The minimum Gasteiger partial charge on any atom is -0.494 e. The number of imidazole rings is 1. The number of amides is 1. The first-order valence-electron chi connectivity index (χ1n) is 13.8. The fraction of sp³-hybridized carbons (Fsp3) is 0.182. The van der Waals surface area contributed by atoms with E-state index < -0.39 is 5.97 Å². The molecular formula is C33H29FN4O4. The SMILES string of the molecule is CCOc1cccc(-n2cc(-c3ccc(F)cc3)nc2C(=O)N2CCN(c3cc(C(=O)O)c4ccccc4c3)CC2)c1. The van der Waals surface area contributed by atoms with Gasteiger partial charge in [-0.05, 0) is 66.2 Å². The Morgan fingerprint density at radius 3 is 2.40 bits per heavy atom. The molecule has 0 radical (unpaired) electrons. The first kappa shape index (κ1) is 27.0. The number of fused-ring (bicyclic) bond motifs is 1. The highest BCUT2D eigenvalue weighted by atomic mass is 19.1. The van der Waals surface area contributed by atoms with E-state index in [2.05, 4.69) is 4.90 Å². The average molecular weight is 565 g/mol. The molecule has 1 aliphatic rings. The maximum absolute atomic E-state index is 13.9. The number of aromatic carboxylic acids is 1. The van der Waals surface area contributed by atoms with Crippen molar-refractivity contribution in [2.24, 2.45) is 0 Å². The summed E-state index contributed by atoms with van der Waals surface area (Å²) in [6.45, 7) is 4.36. The van der Waals surface area contributed by atoms with Crippen LogP contribution in [0.5, 0.6) is 5.75 Å². The summed E-state index contributed by atoms with van der Waals surface area (Å²) in [5.74, 6) is -0.627. The third-order valence-electron chi connectivity index (χ3n) is 7.45. The lowest BCUT2D eigenvalue weighted by atomic mass is 10.0. The van der Waals surface area contributed by atoms with Crippen molar-refractivity contribution in [3.63, 3.8) is 0 Å². The van der Waals surface area contributed by atoms with Crippen LogP contribution in [-0.4, -0.2) is 64.2 Å². The number of ether oxygens (including phenoxy) is 1. The van der Waals surface area contributed by atoms with Gasteiger partial charge in [0.25, 0.3) is 5.91 Å². The van der Waals surface area contributed by atoms with Crippen LogP contribution in [0.25, 0.3) is 27.7 Å². The molecule has 42 heavy (non-hydrogen) atoms. The molecule has 5 aromatic rings. The fourth-order valence-electron chi connectivity index (χ4n) is 5.34. The molecule has 0 saturated carbocycles. The van der Waals surface area contributed by atoms with Crippen molar-refractivity contribution in [2.45, 2.75) is 6.92 Å². The van der Waals surface area contributed by atoms with Crippen molar-refractivity contribution in [2.75, 3.05) is 37.7 Å². The summed E-state index contributed by atoms with van der Waals surface area (Å²) in [6, 6.07) is 24.6. The van der Waals surface area contributed by atoms with Gasteiger partial charge in [0.1, 0.15) is 11.6 Å². The third kappa shape index (κ3) is 5.28. The Morgan fingerprint density at radius 1 is 0.905 bits per heavy atom. The van der Waals surface area contributed by atoms with Gasteiger partial charge in [0, 0.05) is 49.7 Å². The third-order valence-corrected chi connectivity index (χ3v) is 7.45. The molecule has 1 saturated heterocycles. The number of aromatic nitrogens is 2. The van der Waals surface area contributed by atoms with E-state index in [1.807, 2.05) is 61.5 Å². The normalized spacial score (nSPS) is 13.4. The smallest absolute Gasteiger partial charge is 0.336 e. The van der Waals surface area contributed by atoms with Gasteiger partial charge in [-0.2, -0.15) is 0 Å². The van der Waals surface area contributed by atoms with Crippen molar-refractivity contribution >= 4 is 28.3 Å². The van der Waals surface area contributed by atoms with E-state index in [0.717, 1.165) is 16.8 Å². The van der Waals surface area contributed by atoms with E-state index in [0.29, 0.717) is 55.2 Å². The van der Waals surface area contributed by atoms with Crippen LogP contribution in [0.2, 0.25) is 0 Å². The number of carboxylic acid groups (broad SMARTS) is 1. The van der Waals surface area contributed by atoms with Crippen molar-refractivity contribution < 1.29 is 23.8 Å². The number of benzene rings is 4. The van der Waals surface area contributed by atoms with Gasteiger partial charge in [0.15, 0.2) is 0 Å². The highest BCUT2D eigenvalue weighted by molar-refractivity contribution is 6.05. The number of carboxylic acids is 1. The fourth-order valence-corrected chi connectivity index (χ4v) is 5.34. The number of rotatable bonds is 7. The van der Waals surface area contributed by atoms with Crippen LogP contribution in [0, 0.1) is 5.82 Å². The Morgan fingerprint density at radius 2 is 1.67 bits per heavy atom. The molecule has 6 rings (SSSR count). The summed E-state index contributed by atoms with van der Waals surface area (Å²) >= 11 is 0. The van der Waals surface area contributed by atoms with E-state index in [-0.39, 0.29) is 23.1 Å². The molecule has 212 valence electrons. The lowest BCUT2D eigenvalue weighted by Crippen LogP contribution is -2.49. The Kier molecular flexibility index (Phi) is 7.31. The van der Waals surface area contributed by atoms with E-state index in [9.17, 15) is 19.1 Å². The minimum atomic E-state index is -0.973. The molecule has 9 heteroatoms. The number of carbonyl (C=O) groups excluding carboxylic acids is 1. The average Bonchev–Trinajstić information content (AvgIpc) is 3.46. The molecule has 1 N–H and O–H groups in total.